The van der Waals surface area contributed by atoms with Crippen molar-refractivity contribution in [2.75, 3.05) is 7.11 Å². The molecule has 28 heavy (non-hydrogen) atoms. The first kappa shape index (κ1) is 19.0. The Morgan fingerprint density at radius 2 is 2.04 bits per heavy atom. The van der Waals surface area contributed by atoms with Crippen LogP contribution in [0.3, 0.4) is 0 Å². The smallest absolute Gasteiger partial charge is 0.309 e. The van der Waals surface area contributed by atoms with E-state index in [9.17, 15) is 9.18 Å². The van der Waals surface area contributed by atoms with Crippen LogP contribution in [0.25, 0.3) is 10.9 Å². The van der Waals surface area contributed by atoms with Crippen molar-refractivity contribution in [1.82, 2.24) is 4.57 Å². The maximum absolute atomic E-state index is 14.0. The maximum Gasteiger partial charge on any atom is 0.309 e. The summed E-state index contributed by atoms with van der Waals surface area (Å²) in [5, 5.41) is 1.65. The highest BCUT2D eigenvalue weighted by Gasteiger charge is 2.34. The van der Waals surface area contributed by atoms with Gasteiger partial charge in [-0.05, 0) is 60.7 Å². The van der Waals surface area contributed by atoms with Crippen molar-refractivity contribution in [3.63, 3.8) is 0 Å². The van der Waals surface area contributed by atoms with Crippen LogP contribution in [0, 0.1) is 11.7 Å². The Balaban J connectivity index is 1.89. The van der Waals surface area contributed by atoms with Gasteiger partial charge in [-0.25, -0.2) is 4.39 Å². The molecule has 0 fully saturated rings. The molecule has 1 aliphatic carbocycles. The zero-order valence-electron chi connectivity index (χ0n) is 16.0. The van der Waals surface area contributed by atoms with Crippen LogP contribution in [0.2, 0.25) is 5.02 Å². The Morgan fingerprint density at radius 1 is 1.29 bits per heavy atom. The van der Waals surface area contributed by atoms with Crippen LogP contribution in [0.1, 0.15) is 42.5 Å². The molecule has 0 N–H and O–H groups in total. The summed E-state index contributed by atoms with van der Waals surface area (Å²) >= 11 is 6.04. The molecule has 4 rings (SSSR count). The fourth-order valence-electron chi connectivity index (χ4n) is 4.52. The van der Waals surface area contributed by atoms with Crippen LogP contribution in [0.4, 0.5) is 4.39 Å². The summed E-state index contributed by atoms with van der Waals surface area (Å²) in [5.74, 6) is -0.629. The van der Waals surface area contributed by atoms with Gasteiger partial charge in [-0.1, -0.05) is 30.7 Å². The highest BCUT2D eigenvalue weighted by atomic mass is 35.5. The number of hydrogen-bond acceptors (Lipinski definition) is 2. The molecule has 3 nitrogen and oxygen atoms in total. The van der Waals surface area contributed by atoms with E-state index >= 15 is 0 Å². The minimum Gasteiger partial charge on any atom is -0.469 e. The van der Waals surface area contributed by atoms with Crippen LogP contribution >= 0.6 is 11.6 Å². The summed E-state index contributed by atoms with van der Waals surface area (Å²) in [6.07, 6.45) is 2.80. The van der Waals surface area contributed by atoms with Crippen LogP contribution in [-0.2, 0) is 22.5 Å². The molecule has 5 heteroatoms. The molecule has 0 amide bonds. The third kappa shape index (κ3) is 3.30. The highest BCUT2D eigenvalue weighted by molar-refractivity contribution is 6.30. The van der Waals surface area contributed by atoms with Crippen molar-refractivity contribution in [2.24, 2.45) is 5.92 Å². The number of carbonyl (C=O) groups is 1. The molecular formula is C23H23ClFNO2. The van der Waals surface area contributed by atoms with Crippen molar-refractivity contribution in [3.05, 3.63) is 70.1 Å². The van der Waals surface area contributed by atoms with Crippen molar-refractivity contribution in [1.29, 1.82) is 0 Å². The number of esters is 1. The summed E-state index contributed by atoms with van der Waals surface area (Å²) in [4.78, 5) is 12.3. The van der Waals surface area contributed by atoms with E-state index in [1.807, 2.05) is 37.3 Å². The minimum absolute atomic E-state index is 0.0546. The van der Waals surface area contributed by atoms with Crippen LogP contribution in [-0.4, -0.2) is 17.6 Å². The quantitative estimate of drug-likeness (QED) is 0.526. The van der Waals surface area contributed by atoms with Crippen LogP contribution < -0.4 is 0 Å². The number of halogens is 2. The molecular weight excluding hydrogens is 377 g/mol. The lowest BCUT2D eigenvalue weighted by Gasteiger charge is -2.29. The molecule has 146 valence electrons. The first-order chi connectivity index (χ1) is 13.5. The number of nitrogens with zero attached hydrogens (tertiary/aromatic N) is 1. The molecule has 2 aromatic carbocycles. The summed E-state index contributed by atoms with van der Waals surface area (Å²) in [6.45, 7) is 2.58. The monoisotopic (exact) mass is 399 g/mol. The van der Waals surface area contributed by atoms with Gasteiger partial charge in [-0.15, -0.1) is 0 Å². The van der Waals surface area contributed by atoms with Gasteiger partial charge in [0.05, 0.1) is 13.0 Å². The first-order valence-corrected chi connectivity index (χ1v) is 10.00. The molecule has 0 bridgehead atoms. The third-order valence-electron chi connectivity index (χ3n) is 5.90. The predicted molar refractivity (Wildman–Crippen MR) is 109 cm³/mol. The molecule has 0 spiro atoms. The van der Waals surface area contributed by atoms with Gasteiger partial charge in [-0.2, -0.15) is 0 Å². The highest BCUT2D eigenvalue weighted by Crippen LogP contribution is 2.43. The van der Waals surface area contributed by atoms with Crippen LogP contribution in [0.15, 0.2) is 42.5 Å². The number of fused-ring (bicyclic) bond motifs is 3. The summed E-state index contributed by atoms with van der Waals surface area (Å²) < 4.78 is 21.3. The van der Waals surface area contributed by atoms with Crippen molar-refractivity contribution >= 4 is 28.5 Å². The number of ether oxygens (including phenoxy) is 1. The standard InChI is InChI=1S/C23H23ClFNO2/c1-14(23(27)28-2)18-4-3-5-19-20-12-17(25)10-11-21(20)26(22(18)19)13-15-6-8-16(24)9-7-15/h6-12,14,18H,3-5,13H2,1-2H3. The topological polar surface area (TPSA) is 31.2 Å². The number of carbonyl (C=O) groups excluding carboxylic acids is 1. The number of benzene rings is 2. The predicted octanol–water partition coefficient (Wildman–Crippen LogP) is 5.71. The molecule has 0 aliphatic heterocycles. The van der Waals surface area contributed by atoms with Gasteiger partial charge in [0.1, 0.15) is 5.82 Å². The molecule has 0 saturated carbocycles. The van der Waals surface area contributed by atoms with E-state index in [-0.39, 0.29) is 23.6 Å². The Labute approximate surface area is 169 Å². The number of rotatable bonds is 4. The summed E-state index contributed by atoms with van der Waals surface area (Å²) in [6, 6.07) is 12.7. The van der Waals surface area contributed by atoms with E-state index in [4.69, 9.17) is 16.3 Å². The molecule has 1 aromatic heterocycles. The molecule has 0 saturated heterocycles. The van der Waals surface area contributed by atoms with E-state index in [0.717, 1.165) is 47.0 Å². The molecule has 2 unspecified atom stereocenters. The van der Waals surface area contributed by atoms with Gasteiger partial charge < -0.3 is 9.30 Å². The van der Waals surface area contributed by atoms with Crippen molar-refractivity contribution < 1.29 is 13.9 Å². The Kier molecular flexibility index (Phi) is 5.15. The number of aromatic nitrogens is 1. The van der Waals surface area contributed by atoms with Gasteiger partial charge in [0.15, 0.2) is 0 Å². The number of methoxy groups -OCH3 is 1. The second-order valence-corrected chi connectivity index (χ2v) is 7.98. The second kappa shape index (κ2) is 7.59. The SMILES string of the molecule is COC(=O)C(C)C1CCCc2c1n(Cc1ccc(Cl)cc1)c1ccc(F)cc21. The Bertz CT molecular complexity index is 1030. The average Bonchev–Trinajstić information content (AvgIpc) is 3.01. The van der Waals surface area contributed by atoms with Gasteiger partial charge in [0.25, 0.3) is 0 Å². The van der Waals surface area contributed by atoms with Crippen LogP contribution in [0.5, 0.6) is 0 Å². The molecule has 1 heterocycles. The van der Waals surface area contributed by atoms with E-state index in [1.165, 1.54) is 13.2 Å². The van der Waals surface area contributed by atoms with Gasteiger partial charge in [0.2, 0.25) is 0 Å². The molecule has 0 radical (unpaired) electrons. The number of aryl methyl sites for hydroxylation is 1. The van der Waals surface area contributed by atoms with Gasteiger partial charge >= 0.3 is 5.97 Å². The lowest BCUT2D eigenvalue weighted by molar-refractivity contribution is -0.145. The normalized spacial score (nSPS) is 17.4. The Hall–Kier alpha value is -2.33. The lowest BCUT2D eigenvalue weighted by Crippen LogP contribution is -2.26. The summed E-state index contributed by atoms with van der Waals surface area (Å²) in [5.41, 5.74) is 4.42. The second-order valence-electron chi connectivity index (χ2n) is 7.55. The largest absolute Gasteiger partial charge is 0.469 e. The van der Waals surface area contributed by atoms with Gasteiger partial charge in [0, 0.05) is 34.1 Å². The summed E-state index contributed by atoms with van der Waals surface area (Å²) in [7, 11) is 1.43. The fraction of sp³-hybridized carbons (Fsp3) is 0.348. The Morgan fingerprint density at radius 3 is 2.75 bits per heavy atom. The zero-order chi connectivity index (χ0) is 19.8. The van der Waals surface area contributed by atoms with Crippen molar-refractivity contribution in [3.8, 4) is 0 Å². The average molecular weight is 400 g/mol. The molecule has 2 atom stereocenters. The van der Waals surface area contributed by atoms with E-state index in [2.05, 4.69) is 4.57 Å². The van der Waals surface area contributed by atoms with Gasteiger partial charge in [-0.3, -0.25) is 4.79 Å². The van der Waals surface area contributed by atoms with E-state index in [0.29, 0.717) is 11.6 Å². The fourth-order valence-corrected chi connectivity index (χ4v) is 4.64. The van der Waals surface area contributed by atoms with E-state index in [1.54, 1.807) is 6.07 Å². The molecule has 3 aromatic rings. The number of hydrogen-bond donors (Lipinski definition) is 0. The third-order valence-corrected chi connectivity index (χ3v) is 6.15. The van der Waals surface area contributed by atoms with Crippen molar-refractivity contribution in [2.45, 2.75) is 38.6 Å². The maximum atomic E-state index is 14.0. The lowest BCUT2D eigenvalue weighted by atomic mass is 9.79. The first-order valence-electron chi connectivity index (χ1n) is 9.62. The molecule has 1 aliphatic rings. The van der Waals surface area contributed by atoms with E-state index < -0.39 is 0 Å². The zero-order valence-corrected chi connectivity index (χ0v) is 16.8. The minimum atomic E-state index is -0.248.